The number of halogens is 3. The Morgan fingerprint density at radius 1 is 1.05 bits per heavy atom. The van der Waals surface area contributed by atoms with E-state index in [4.69, 9.17) is 0 Å². The molecule has 4 heterocycles. The summed E-state index contributed by atoms with van der Waals surface area (Å²) in [4.78, 5) is 22.2. The zero-order valence-electron chi connectivity index (χ0n) is 20.8. The van der Waals surface area contributed by atoms with Crippen LogP contribution in [0, 0.1) is 5.92 Å². The van der Waals surface area contributed by atoms with Crippen LogP contribution in [-0.4, -0.2) is 67.4 Å². The van der Waals surface area contributed by atoms with Crippen LogP contribution in [0.25, 0.3) is 11.0 Å². The highest BCUT2D eigenvalue weighted by atomic mass is 32.2. The fourth-order valence-electron chi connectivity index (χ4n) is 5.45. The molecule has 2 aromatic heterocycles. The number of aromatic nitrogens is 4. The van der Waals surface area contributed by atoms with Gasteiger partial charge in [0.1, 0.15) is 0 Å². The average Bonchev–Trinajstić information content (AvgIpc) is 3.26. The number of rotatable bonds is 6. The number of alkyl halides is 3. The molecule has 0 aliphatic carbocycles. The highest BCUT2D eigenvalue weighted by Crippen LogP contribution is 2.36. The number of hydrogen-bond donors (Lipinski definition) is 0. The first kappa shape index (κ1) is 26.0. The second-order valence-corrected chi connectivity index (χ2v) is 11.0. The maximum Gasteiger partial charge on any atom is 0.416 e. The molecule has 0 saturated carbocycles. The molecule has 2 aliphatic rings. The molecule has 1 aromatic carbocycles. The Kier molecular flexibility index (Phi) is 7.71. The van der Waals surface area contributed by atoms with Crippen molar-refractivity contribution in [2.75, 3.05) is 31.9 Å². The van der Waals surface area contributed by atoms with E-state index in [9.17, 15) is 18.0 Å². The van der Waals surface area contributed by atoms with Crippen LogP contribution < -0.4 is 0 Å². The molecule has 1 amide bonds. The minimum absolute atomic E-state index is 0.0458. The number of fused-ring (bicyclic) bond motifs is 1. The van der Waals surface area contributed by atoms with Gasteiger partial charge in [0.2, 0.25) is 5.91 Å². The van der Waals surface area contributed by atoms with Crippen molar-refractivity contribution >= 4 is 28.7 Å². The van der Waals surface area contributed by atoms with Crippen LogP contribution in [0.1, 0.15) is 49.8 Å². The molecular weight excluding hydrogens is 501 g/mol. The largest absolute Gasteiger partial charge is 0.416 e. The van der Waals surface area contributed by atoms with E-state index >= 15 is 0 Å². The van der Waals surface area contributed by atoms with Gasteiger partial charge in [0.25, 0.3) is 0 Å². The smallest absolute Gasteiger partial charge is 0.342 e. The van der Waals surface area contributed by atoms with Crippen molar-refractivity contribution in [1.82, 2.24) is 29.5 Å². The summed E-state index contributed by atoms with van der Waals surface area (Å²) < 4.78 is 41.8. The summed E-state index contributed by atoms with van der Waals surface area (Å²) in [6, 6.07) is 5.89. The summed E-state index contributed by atoms with van der Waals surface area (Å²) in [6.07, 6.45) is 2.32. The Morgan fingerprint density at radius 3 is 2.46 bits per heavy atom. The maximum absolute atomic E-state index is 13.3. The number of carbonyl (C=O) groups is 1. The van der Waals surface area contributed by atoms with E-state index in [0.29, 0.717) is 18.6 Å². The minimum Gasteiger partial charge on any atom is -0.342 e. The zero-order valence-corrected chi connectivity index (χ0v) is 21.6. The van der Waals surface area contributed by atoms with E-state index in [-0.39, 0.29) is 17.9 Å². The van der Waals surface area contributed by atoms with Crippen LogP contribution in [0.15, 0.2) is 41.8 Å². The quantitative estimate of drug-likeness (QED) is 0.415. The van der Waals surface area contributed by atoms with Gasteiger partial charge in [0.15, 0.2) is 5.16 Å². The van der Waals surface area contributed by atoms with E-state index in [0.717, 1.165) is 79.4 Å². The van der Waals surface area contributed by atoms with Gasteiger partial charge in [-0.1, -0.05) is 18.7 Å². The van der Waals surface area contributed by atoms with Gasteiger partial charge < -0.3 is 9.47 Å². The lowest BCUT2D eigenvalue weighted by atomic mass is 9.93. The Morgan fingerprint density at radius 2 is 1.81 bits per heavy atom. The molecule has 0 radical (unpaired) electrons. The molecule has 5 rings (SSSR count). The fourth-order valence-corrected chi connectivity index (χ4v) is 6.25. The van der Waals surface area contributed by atoms with Crippen LogP contribution in [-0.2, 0) is 17.5 Å². The number of amides is 1. The third kappa shape index (κ3) is 5.77. The van der Waals surface area contributed by atoms with Crippen LogP contribution in [0.2, 0.25) is 0 Å². The molecule has 3 aromatic rings. The van der Waals surface area contributed by atoms with E-state index in [1.807, 2.05) is 17.9 Å². The molecule has 2 saturated heterocycles. The van der Waals surface area contributed by atoms with Crippen molar-refractivity contribution in [3.8, 4) is 0 Å². The number of imidazole rings is 1. The highest BCUT2D eigenvalue weighted by molar-refractivity contribution is 7.99. The third-order valence-corrected chi connectivity index (χ3v) is 8.22. The summed E-state index contributed by atoms with van der Waals surface area (Å²) >= 11 is 1.54. The first-order valence-corrected chi connectivity index (χ1v) is 13.8. The van der Waals surface area contributed by atoms with Crippen LogP contribution in [0.5, 0.6) is 0 Å². The Hall–Kier alpha value is -2.66. The number of thioether (sulfide) groups is 1. The zero-order chi connectivity index (χ0) is 26.0. The van der Waals surface area contributed by atoms with Crippen LogP contribution in [0.3, 0.4) is 0 Å². The van der Waals surface area contributed by atoms with Crippen molar-refractivity contribution in [2.45, 2.75) is 56.5 Å². The second-order valence-electron chi connectivity index (χ2n) is 9.76. The molecular formula is C26H31F3N6OS. The van der Waals surface area contributed by atoms with Crippen LogP contribution in [0.4, 0.5) is 13.2 Å². The van der Waals surface area contributed by atoms with Crippen LogP contribution >= 0.6 is 11.8 Å². The summed E-state index contributed by atoms with van der Waals surface area (Å²) in [7, 11) is 0. The van der Waals surface area contributed by atoms with E-state index in [1.165, 1.54) is 6.07 Å². The van der Waals surface area contributed by atoms with Gasteiger partial charge in [-0.05, 0) is 74.4 Å². The van der Waals surface area contributed by atoms with E-state index in [1.54, 1.807) is 24.2 Å². The monoisotopic (exact) mass is 532 g/mol. The van der Waals surface area contributed by atoms with E-state index in [2.05, 4.69) is 24.6 Å². The molecule has 0 spiro atoms. The first-order valence-electron chi connectivity index (χ1n) is 12.8. The van der Waals surface area contributed by atoms with Gasteiger partial charge in [0, 0.05) is 37.8 Å². The SMILES string of the molecule is CCSc1nc2cc(C(F)(F)F)ccc2n1C1CCN(C(=O)C2CCN(Cc3ccnnc3)CC2)CC1. The predicted octanol–water partition coefficient (Wildman–Crippen LogP) is 5.03. The van der Waals surface area contributed by atoms with Gasteiger partial charge in [-0.15, -0.1) is 0 Å². The maximum atomic E-state index is 13.3. The molecule has 198 valence electrons. The van der Waals surface area contributed by atoms with Crippen molar-refractivity contribution in [3.63, 3.8) is 0 Å². The molecule has 0 bridgehead atoms. The minimum atomic E-state index is -4.39. The van der Waals surface area contributed by atoms with Gasteiger partial charge in [-0.2, -0.15) is 23.4 Å². The van der Waals surface area contributed by atoms with Gasteiger partial charge in [-0.25, -0.2) is 4.98 Å². The molecule has 7 nitrogen and oxygen atoms in total. The number of hydrogen-bond acceptors (Lipinski definition) is 6. The Labute approximate surface area is 218 Å². The summed E-state index contributed by atoms with van der Waals surface area (Å²) in [5.41, 5.74) is 1.55. The van der Waals surface area contributed by atoms with Crippen molar-refractivity contribution in [2.24, 2.45) is 5.92 Å². The molecule has 0 unspecified atom stereocenters. The molecule has 2 fully saturated rings. The normalized spacial score (nSPS) is 18.5. The summed E-state index contributed by atoms with van der Waals surface area (Å²) in [5, 5.41) is 8.51. The lowest BCUT2D eigenvalue weighted by molar-refractivity contribution is -0.138. The standard InChI is InChI=1S/C26H31F3N6OS/c1-2-37-25-32-22-15-20(26(27,28)29)3-4-23(22)35(25)21-8-13-34(14-9-21)24(36)19-6-11-33(12-7-19)17-18-5-10-30-31-16-18/h3-5,10,15-16,19,21H,2,6-9,11-14,17H2,1H3. The Balaban J connectivity index is 1.21. The fraction of sp³-hybridized carbons (Fsp3) is 0.538. The molecule has 0 atom stereocenters. The third-order valence-electron chi connectivity index (χ3n) is 7.39. The molecule has 11 heteroatoms. The molecule has 0 N–H and O–H groups in total. The van der Waals surface area contributed by atoms with Crippen molar-refractivity contribution in [1.29, 1.82) is 0 Å². The van der Waals surface area contributed by atoms with E-state index < -0.39 is 11.7 Å². The molecule has 37 heavy (non-hydrogen) atoms. The lowest BCUT2D eigenvalue weighted by Gasteiger charge is -2.38. The summed E-state index contributed by atoms with van der Waals surface area (Å²) in [6.45, 7) is 5.91. The number of likely N-dealkylation sites (tertiary alicyclic amines) is 2. The van der Waals surface area contributed by atoms with Gasteiger partial charge >= 0.3 is 6.18 Å². The van der Waals surface area contributed by atoms with Crippen molar-refractivity contribution in [3.05, 3.63) is 47.8 Å². The first-order chi connectivity index (χ1) is 17.8. The van der Waals surface area contributed by atoms with Gasteiger partial charge in [0.05, 0.1) is 22.8 Å². The molecule has 2 aliphatic heterocycles. The Bertz CT molecular complexity index is 1220. The number of piperidine rings is 2. The summed E-state index contributed by atoms with van der Waals surface area (Å²) in [5.74, 6) is 1.06. The number of benzene rings is 1. The highest BCUT2D eigenvalue weighted by Gasteiger charge is 2.34. The predicted molar refractivity (Wildman–Crippen MR) is 136 cm³/mol. The second kappa shape index (κ2) is 11.0. The van der Waals surface area contributed by atoms with Crippen molar-refractivity contribution < 1.29 is 18.0 Å². The lowest BCUT2D eigenvalue weighted by Crippen LogP contribution is -2.45. The number of carbonyl (C=O) groups excluding carboxylic acids is 1. The number of nitrogens with zero attached hydrogens (tertiary/aromatic N) is 6. The topological polar surface area (TPSA) is 67.2 Å². The average molecular weight is 533 g/mol. The van der Waals surface area contributed by atoms with Gasteiger partial charge in [-0.3, -0.25) is 9.69 Å².